The van der Waals surface area contributed by atoms with E-state index in [0.29, 0.717) is 54.0 Å². The minimum absolute atomic E-state index is 0.170. The molecule has 0 radical (unpaired) electrons. The number of carbonyl (C=O) groups is 2. The number of carbonyl (C=O) groups excluding carboxylic acids is 2. The molecule has 306 valence electrons. The number of pyridine rings is 1. The number of nitrogens with zero attached hydrogens (tertiary/aromatic N) is 8. The lowest BCUT2D eigenvalue weighted by molar-refractivity contribution is -0.133. The monoisotopic (exact) mass is 795 g/mol. The number of aryl methyl sites for hydroxylation is 1. The normalized spacial score (nSPS) is 20.2. The summed E-state index contributed by atoms with van der Waals surface area (Å²) in [6.07, 6.45) is 9.68. The molecule has 2 atom stereocenters. The van der Waals surface area contributed by atoms with E-state index in [0.717, 1.165) is 95.0 Å². The number of piperazine rings is 1. The van der Waals surface area contributed by atoms with E-state index in [4.69, 9.17) is 9.97 Å². The molecule has 0 saturated carbocycles. The van der Waals surface area contributed by atoms with E-state index in [1.54, 1.807) is 17.0 Å². The zero-order valence-corrected chi connectivity index (χ0v) is 33.8. The fourth-order valence-electron chi connectivity index (χ4n) is 9.29. The smallest absolute Gasteiger partial charge is 0.278 e. The molecule has 0 spiro atoms. The van der Waals surface area contributed by atoms with Gasteiger partial charge < -0.3 is 20.4 Å². The van der Waals surface area contributed by atoms with E-state index in [1.165, 1.54) is 16.9 Å². The third-order valence-electron chi connectivity index (χ3n) is 12.6. The Kier molecular flexibility index (Phi) is 10.9. The number of fused-ring (bicyclic) bond motifs is 2. The van der Waals surface area contributed by atoms with Crippen molar-refractivity contribution >= 4 is 51.5 Å². The molecule has 3 saturated heterocycles. The van der Waals surface area contributed by atoms with Crippen molar-refractivity contribution in [1.82, 2.24) is 34.5 Å². The second-order valence-electron chi connectivity index (χ2n) is 16.4. The standard InChI is InChI=1S/C45H53N11O3/c1-3-20-55-44(59)37-28-46-45(51-42(37)56(55)39-16-10-32-9-8-31(4-2)41(32)49-39)48-33-11-13-35(14-12-33)54-25-23-52(24-26-54)29-30-18-21-53(22-19-30)36-7-5-6-34(27-36)47-38-15-17-40(57)50-43(38)58/h3,5-7,10-14,16,27-28,30-31,38,47H,1,4,8-9,15,17-26,29H2,2H3,(H,46,48,51)(H,50,57,58)/t31-,38?/m0/s1. The van der Waals surface area contributed by atoms with Crippen LogP contribution >= 0.6 is 0 Å². The van der Waals surface area contributed by atoms with Gasteiger partial charge in [0.05, 0.1) is 6.54 Å². The van der Waals surface area contributed by atoms with Crippen LogP contribution in [-0.2, 0) is 22.6 Å². The number of piperidine rings is 2. The van der Waals surface area contributed by atoms with Crippen LogP contribution in [-0.4, -0.2) is 92.9 Å². The highest BCUT2D eigenvalue weighted by molar-refractivity contribution is 6.01. The Labute approximate surface area is 344 Å². The Morgan fingerprint density at radius 3 is 2.41 bits per heavy atom. The molecule has 4 aliphatic rings. The highest BCUT2D eigenvalue weighted by Crippen LogP contribution is 2.35. The number of benzene rings is 2. The number of imide groups is 1. The van der Waals surface area contributed by atoms with Gasteiger partial charge in [0.2, 0.25) is 17.8 Å². The Morgan fingerprint density at radius 2 is 1.64 bits per heavy atom. The van der Waals surface area contributed by atoms with Crippen LogP contribution in [0, 0.1) is 5.92 Å². The molecular formula is C45H53N11O3. The van der Waals surface area contributed by atoms with Crippen LogP contribution < -0.4 is 31.3 Å². The summed E-state index contributed by atoms with van der Waals surface area (Å²) in [5, 5.41) is 9.56. The Morgan fingerprint density at radius 1 is 0.847 bits per heavy atom. The molecule has 6 heterocycles. The lowest BCUT2D eigenvalue weighted by Crippen LogP contribution is -2.49. The van der Waals surface area contributed by atoms with Gasteiger partial charge in [0.15, 0.2) is 11.5 Å². The zero-order chi connectivity index (χ0) is 40.5. The van der Waals surface area contributed by atoms with Gasteiger partial charge in [0.1, 0.15) is 11.4 Å². The van der Waals surface area contributed by atoms with Crippen molar-refractivity contribution in [1.29, 1.82) is 0 Å². The Bertz CT molecular complexity index is 2410. The average molecular weight is 796 g/mol. The van der Waals surface area contributed by atoms with Crippen molar-refractivity contribution in [3.05, 3.63) is 101 Å². The first kappa shape index (κ1) is 38.5. The van der Waals surface area contributed by atoms with Crippen molar-refractivity contribution in [2.75, 3.05) is 66.2 Å². The summed E-state index contributed by atoms with van der Waals surface area (Å²) in [5.41, 5.74) is 6.89. The van der Waals surface area contributed by atoms with Crippen LogP contribution in [0.1, 0.15) is 62.6 Å². The van der Waals surface area contributed by atoms with Crippen molar-refractivity contribution < 1.29 is 9.59 Å². The molecule has 14 heteroatoms. The van der Waals surface area contributed by atoms with Crippen LogP contribution in [0.25, 0.3) is 16.9 Å². The maximum Gasteiger partial charge on any atom is 0.278 e. The number of rotatable bonds is 12. The lowest BCUT2D eigenvalue weighted by atomic mass is 9.95. The van der Waals surface area contributed by atoms with Gasteiger partial charge in [0, 0.05) is 92.8 Å². The molecule has 59 heavy (non-hydrogen) atoms. The molecular weight excluding hydrogens is 743 g/mol. The van der Waals surface area contributed by atoms with E-state index in [2.05, 4.69) is 91.6 Å². The molecule has 1 unspecified atom stereocenters. The summed E-state index contributed by atoms with van der Waals surface area (Å²) in [7, 11) is 0. The highest BCUT2D eigenvalue weighted by atomic mass is 16.2. The molecule has 3 aromatic heterocycles. The molecule has 1 aliphatic carbocycles. The molecule has 3 N–H and O–H groups in total. The number of allylic oxidation sites excluding steroid dienone is 1. The molecule has 2 amide bonds. The number of amides is 2. The quantitative estimate of drug-likeness (QED) is 0.107. The topological polar surface area (TPSA) is 146 Å². The first-order valence-corrected chi connectivity index (χ1v) is 21.2. The summed E-state index contributed by atoms with van der Waals surface area (Å²) in [6.45, 7) is 13.6. The van der Waals surface area contributed by atoms with Crippen molar-refractivity contribution in [3.63, 3.8) is 0 Å². The van der Waals surface area contributed by atoms with E-state index in [1.807, 2.05) is 22.9 Å². The van der Waals surface area contributed by atoms with E-state index >= 15 is 0 Å². The molecule has 0 bridgehead atoms. The number of aromatic nitrogens is 5. The summed E-state index contributed by atoms with van der Waals surface area (Å²) in [5.74, 6) is 1.74. The minimum Gasteiger partial charge on any atom is -0.374 e. The third-order valence-corrected chi connectivity index (χ3v) is 12.6. The van der Waals surface area contributed by atoms with Gasteiger partial charge in [-0.15, -0.1) is 6.58 Å². The predicted octanol–water partition coefficient (Wildman–Crippen LogP) is 5.60. The largest absolute Gasteiger partial charge is 0.374 e. The zero-order valence-electron chi connectivity index (χ0n) is 33.8. The predicted molar refractivity (Wildman–Crippen MR) is 232 cm³/mol. The summed E-state index contributed by atoms with van der Waals surface area (Å²) >= 11 is 0. The second kappa shape index (κ2) is 16.7. The van der Waals surface area contributed by atoms with Gasteiger partial charge >= 0.3 is 0 Å². The maximum atomic E-state index is 13.5. The number of anilines is 5. The minimum atomic E-state index is -0.383. The number of hydrogen-bond donors (Lipinski definition) is 3. The number of hydrogen-bond acceptors (Lipinski definition) is 11. The molecule has 3 fully saturated rings. The van der Waals surface area contributed by atoms with Crippen LogP contribution in [0.3, 0.4) is 0 Å². The van der Waals surface area contributed by atoms with E-state index < -0.39 is 0 Å². The van der Waals surface area contributed by atoms with E-state index in [-0.39, 0.29) is 23.4 Å². The first-order chi connectivity index (χ1) is 28.8. The van der Waals surface area contributed by atoms with Crippen molar-refractivity contribution in [3.8, 4) is 5.82 Å². The van der Waals surface area contributed by atoms with E-state index in [9.17, 15) is 14.4 Å². The van der Waals surface area contributed by atoms with Crippen LogP contribution in [0.5, 0.6) is 0 Å². The summed E-state index contributed by atoms with van der Waals surface area (Å²) in [4.78, 5) is 59.3. The molecule has 5 aromatic rings. The SMILES string of the molecule is C=CCn1c(=O)c2cnc(Nc3ccc(N4CCN(CC5CCN(c6cccc(NC7CCC(=O)NC7=O)c6)CC5)CC4)cc3)nc2n1-c1ccc2c(n1)[C@@H](CC)CC2. The summed E-state index contributed by atoms with van der Waals surface area (Å²) < 4.78 is 3.45. The first-order valence-electron chi connectivity index (χ1n) is 21.2. The van der Waals surface area contributed by atoms with Gasteiger partial charge in [-0.1, -0.05) is 25.1 Å². The van der Waals surface area contributed by atoms with Gasteiger partial charge in [-0.3, -0.25) is 24.6 Å². The van der Waals surface area contributed by atoms with Gasteiger partial charge in [0.25, 0.3) is 5.56 Å². The Hall–Kier alpha value is -6.02. The van der Waals surface area contributed by atoms with Gasteiger partial charge in [-0.25, -0.2) is 19.3 Å². The van der Waals surface area contributed by atoms with Crippen LogP contribution in [0.15, 0.2) is 84.3 Å². The maximum absolute atomic E-state index is 13.5. The molecule has 3 aliphatic heterocycles. The highest BCUT2D eigenvalue weighted by Gasteiger charge is 2.28. The van der Waals surface area contributed by atoms with Crippen molar-refractivity contribution in [2.24, 2.45) is 5.92 Å². The van der Waals surface area contributed by atoms with Crippen LogP contribution in [0.4, 0.5) is 28.7 Å². The third kappa shape index (κ3) is 8.05. The van der Waals surface area contributed by atoms with Crippen LogP contribution in [0.2, 0.25) is 0 Å². The fraction of sp³-hybridized carbons (Fsp3) is 0.422. The fourth-order valence-corrected chi connectivity index (χ4v) is 9.29. The van der Waals surface area contributed by atoms with Gasteiger partial charge in [-0.05, 0) is 98.5 Å². The Balaban J connectivity index is 0.784. The lowest BCUT2D eigenvalue weighted by Gasteiger charge is -2.40. The molecule has 9 rings (SSSR count). The van der Waals surface area contributed by atoms with Crippen molar-refractivity contribution in [2.45, 2.75) is 70.4 Å². The molecule has 14 nitrogen and oxygen atoms in total. The summed E-state index contributed by atoms with van der Waals surface area (Å²) in [6, 6.07) is 20.5. The number of nitrogens with one attached hydrogen (secondary N) is 3. The molecule has 2 aromatic carbocycles. The van der Waals surface area contributed by atoms with Gasteiger partial charge in [-0.2, -0.15) is 4.98 Å². The second-order valence-corrected chi connectivity index (χ2v) is 16.4. The average Bonchev–Trinajstić information content (AvgIpc) is 3.80.